The fourth-order valence-electron chi connectivity index (χ4n) is 1.76. The number of nitrogen functional groups attached to an aromatic ring is 1. The van der Waals surface area contributed by atoms with Crippen LogP contribution in [0, 0.1) is 6.92 Å². The third kappa shape index (κ3) is 3.48. The van der Waals surface area contributed by atoms with Gasteiger partial charge in [-0.2, -0.15) is 0 Å². The van der Waals surface area contributed by atoms with Crippen LogP contribution in [0.4, 0.5) is 11.4 Å². The van der Waals surface area contributed by atoms with Gasteiger partial charge < -0.3 is 10.5 Å². The molecular formula is C14H15BrN2O3S. The highest BCUT2D eigenvalue weighted by atomic mass is 79.9. The minimum atomic E-state index is -3.75. The van der Waals surface area contributed by atoms with E-state index in [0.717, 1.165) is 10.0 Å². The number of aryl methyl sites for hydroxylation is 1. The second-order valence-corrected chi connectivity index (χ2v) is 6.98. The number of anilines is 2. The Morgan fingerprint density at radius 2 is 1.90 bits per heavy atom. The molecule has 0 bridgehead atoms. The number of nitrogens with one attached hydrogen (secondary N) is 1. The average Bonchev–Trinajstić information content (AvgIpc) is 2.42. The molecule has 0 radical (unpaired) electrons. The standard InChI is InChI=1S/C14H15BrN2O3S/c1-9-3-4-10(7-12(9)15)17-21(18,19)14-6-5-11(20-2)8-13(14)16/h3-8,17H,16H2,1-2H3. The zero-order chi connectivity index (χ0) is 15.6. The van der Waals surface area contributed by atoms with Gasteiger partial charge in [0, 0.05) is 16.2 Å². The van der Waals surface area contributed by atoms with Crippen molar-refractivity contribution >= 4 is 37.3 Å². The predicted molar refractivity (Wildman–Crippen MR) is 87.1 cm³/mol. The van der Waals surface area contributed by atoms with Gasteiger partial charge in [-0.15, -0.1) is 0 Å². The van der Waals surface area contributed by atoms with Gasteiger partial charge in [0.15, 0.2) is 0 Å². The van der Waals surface area contributed by atoms with Gasteiger partial charge in [-0.3, -0.25) is 4.72 Å². The Morgan fingerprint density at radius 3 is 2.48 bits per heavy atom. The topological polar surface area (TPSA) is 81.4 Å². The fourth-order valence-corrected chi connectivity index (χ4v) is 3.31. The van der Waals surface area contributed by atoms with Gasteiger partial charge in [0.05, 0.1) is 12.8 Å². The van der Waals surface area contributed by atoms with Gasteiger partial charge in [-0.25, -0.2) is 8.42 Å². The normalized spacial score (nSPS) is 11.2. The Hall–Kier alpha value is -1.73. The van der Waals surface area contributed by atoms with Gasteiger partial charge >= 0.3 is 0 Å². The third-order valence-electron chi connectivity index (χ3n) is 2.93. The van der Waals surface area contributed by atoms with E-state index in [1.807, 2.05) is 13.0 Å². The molecule has 112 valence electrons. The van der Waals surface area contributed by atoms with Crippen LogP contribution in [0.1, 0.15) is 5.56 Å². The van der Waals surface area contributed by atoms with Crippen molar-refractivity contribution in [3.8, 4) is 5.75 Å². The Balaban J connectivity index is 2.36. The van der Waals surface area contributed by atoms with Crippen LogP contribution in [-0.4, -0.2) is 15.5 Å². The second-order valence-electron chi connectivity index (χ2n) is 4.47. The third-order valence-corrected chi connectivity index (χ3v) is 5.24. The van der Waals surface area contributed by atoms with E-state index in [4.69, 9.17) is 10.5 Å². The molecule has 21 heavy (non-hydrogen) atoms. The quantitative estimate of drug-likeness (QED) is 0.809. The number of ether oxygens (including phenoxy) is 1. The summed E-state index contributed by atoms with van der Waals surface area (Å²) in [7, 11) is -2.26. The first-order valence-corrected chi connectivity index (χ1v) is 8.33. The SMILES string of the molecule is COc1ccc(S(=O)(=O)Nc2ccc(C)c(Br)c2)c(N)c1. The van der Waals surface area contributed by atoms with Crippen molar-refractivity contribution in [2.24, 2.45) is 0 Å². The van der Waals surface area contributed by atoms with Crippen LogP contribution in [0.25, 0.3) is 0 Å². The van der Waals surface area contributed by atoms with Crippen LogP contribution in [0.5, 0.6) is 5.75 Å². The monoisotopic (exact) mass is 370 g/mol. The van der Waals surface area contributed by atoms with Gasteiger partial charge in [-0.05, 0) is 36.8 Å². The van der Waals surface area contributed by atoms with E-state index >= 15 is 0 Å². The van der Waals surface area contributed by atoms with Crippen molar-refractivity contribution in [2.45, 2.75) is 11.8 Å². The summed E-state index contributed by atoms with van der Waals surface area (Å²) in [6.07, 6.45) is 0. The molecule has 0 unspecified atom stereocenters. The van der Waals surface area contributed by atoms with E-state index in [2.05, 4.69) is 20.7 Å². The lowest BCUT2D eigenvalue weighted by Gasteiger charge is -2.12. The summed E-state index contributed by atoms with van der Waals surface area (Å²) >= 11 is 3.37. The molecule has 5 nitrogen and oxygen atoms in total. The van der Waals surface area contributed by atoms with Gasteiger partial charge in [0.25, 0.3) is 10.0 Å². The molecule has 0 fully saturated rings. The molecule has 2 aromatic rings. The number of nitrogens with two attached hydrogens (primary N) is 1. The second kappa shape index (κ2) is 5.95. The number of hydrogen-bond acceptors (Lipinski definition) is 4. The highest BCUT2D eigenvalue weighted by Gasteiger charge is 2.18. The zero-order valence-electron chi connectivity index (χ0n) is 11.6. The number of halogens is 1. The summed E-state index contributed by atoms with van der Waals surface area (Å²) in [4.78, 5) is 0.0139. The van der Waals surface area contributed by atoms with E-state index in [1.165, 1.54) is 19.2 Å². The summed E-state index contributed by atoms with van der Waals surface area (Å²) in [5.74, 6) is 0.504. The average molecular weight is 371 g/mol. The molecule has 2 rings (SSSR count). The molecule has 2 aromatic carbocycles. The summed E-state index contributed by atoms with van der Waals surface area (Å²) in [6, 6.07) is 9.65. The molecule has 0 heterocycles. The van der Waals surface area contributed by atoms with Crippen molar-refractivity contribution in [3.63, 3.8) is 0 Å². The number of methoxy groups -OCH3 is 1. The highest BCUT2D eigenvalue weighted by Crippen LogP contribution is 2.27. The molecular weight excluding hydrogens is 356 g/mol. The van der Waals surface area contributed by atoms with Crippen LogP contribution >= 0.6 is 15.9 Å². The minimum absolute atomic E-state index is 0.0139. The van der Waals surface area contributed by atoms with Gasteiger partial charge in [0.1, 0.15) is 10.6 Å². The molecule has 0 aromatic heterocycles. The molecule has 0 saturated carbocycles. The molecule has 0 aliphatic rings. The molecule has 0 amide bonds. The molecule has 0 atom stereocenters. The number of benzene rings is 2. The Labute approximate surface area is 132 Å². The molecule has 7 heteroatoms. The number of rotatable bonds is 4. The first-order chi connectivity index (χ1) is 9.83. The van der Waals surface area contributed by atoms with Crippen molar-refractivity contribution < 1.29 is 13.2 Å². The highest BCUT2D eigenvalue weighted by molar-refractivity contribution is 9.10. The number of sulfonamides is 1. The predicted octanol–water partition coefficient (Wildman–Crippen LogP) is 3.15. The van der Waals surface area contributed by atoms with E-state index < -0.39 is 10.0 Å². The maximum absolute atomic E-state index is 12.4. The maximum atomic E-state index is 12.4. The Bertz CT molecular complexity index is 776. The van der Waals surface area contributed by atoms with Crippen LogP contribution in [0.2, 0.25) is 0 Å². The smallest absolute Gasteiger partial charge is 0.263 e. The van der Waals surface area contributed by atoms with E-state index in [-0.39, 0.29) is 10.6 Å². The lowest BCUT2D eigenvalue weighted by molar-refractivity contribution is 0.414. The zero-order valence-corrected chi connectivity index (χ0v) is 14.0. The van der Waals surface area contributed by atoms with E-state index in [9.17, 15) is 8.42 Å². The Kier molecular flexibility index (Phi) is 4.43. The van der Waals surface area contributed by atoms with Crippen molar-refractivity contribution in [1.29, 1.82) is 0 Å². The summed E-state index contributed by atoms with van der Waals surface area (Å²) < 4.78 is 33.1. The van der Waals surface area contributed by atoms with Crippen LogP contribution < -0.4 is 15.2 Å². The maximum Gasteiger partial charge on any atom is 0.263 e. The lowest BCUT2D eigenvalue weighted by Crippen LogP contribution is -2.14. The minimum Gasteiger partial charge on any atom is -0.497 e. The van der Waals surface area contributed by atoms with Gasteiger partial charge in [-0.1, -0.05) is 22.0 Å². The molecule has 0 aliphatic heterocycles. The summed E-state index contributed by atoms with van der Waals surface area (Å²) in [5, 5.41) is 0. The van der Waals surface area contributed by atoms with E-state index in [1.54, 1.807) is 18.2 Å². The van der Waals surface area contributed by atoms with Crippen molar-refractivity contribution in [1.82, 2.24) is 0 Å². The molecule has 0 saturated heterocycles. The summed E-state index contributed by atoms with van der Waals surface area (Å²) in [5.41, 5.74) is 7.39. The largest absolute Gasteiger partial charge is 0.497 e. The number of hydrogen-bond donors (Lipinski definition) is 2. The summed E-state index contributed by atoms with van der Waals surface area (Å²) in [6.45, 7) is 1.92. The van der Waals surface area contributed by atoms with Gasteiger partial charge in [0.2, 0.25) is 0 Å². The van der Waals surface area contributed by atoms with Crippen LogP contribution in [0.15, 0.2) is 45.8 Å². The first-order valence-electron chi connectivity index (χ1n) is 6.06. The molecule has 0 aliphatic carbocycles. The van der Waals surface area contributed by atoms with Crippen LogP contribution in [-0.2, 0) is 10.0 Å². The van der Waals surface area contributed by atoms with E-state index in [0.29, 0.717) is 11.4 Å². The van der Waals surface area contributed by atoms with Crippen LogP contribution in [0.3, 0.4) is 0 Å². The molecule has 0 spiro atoms. The lowest BCUT2D eigenvalue weighted by atomic mass is 10.2. The fraction of sp³-hybridized carbons (Fsp3) is 0.143. The Morgan fingerprint density at radius 1 is 1.19 bits per heavy atom. The van der Waals surface area contributed by atoms with Crippen molar-refractivity contribution in [2.75, 3.05) is 17.6 Å². The first kappa shape index (κ1) is 15.7. The molecule has 3 N–H and O–H groups in total. The van der Waals surface area contributed by atoms with Crippen molar-refractivity contribution in [3.05, 3.63) is 46.4 Å².